The van der Waals surface area contributed by atoms with Crippen LogP contribution in [0.4, 0.5) is 5.69 Å². The molecule has 0 unspecified atom stereocenters. The third kappa shape index (κ3) is 3.37. The third-order valence-electron chi connectivity index (χ3n) is 3.44. The molecule has 0 bridgehead atoms. The van der Waals surface area contributed by atoms with Gasteiger partial charge >= 0.3 is 0 Å². The summed E-state index contributed by atoms with van der Waals surface area (Å²) in [6, 6.07) is 16.2. The van der Waals surface area contributed by atoms with E-state index in [9.17, 15) is 9.59 Å². The minimum Gasteiger partial charge on any atom is -0.453 e. The maximum atomic E-state index is 12.1. The van der Waals surface area contributed by atoms with Crippen LogP contribution in [0, 0.1) is 0 Å². The lowest BCUT2D eigenvalue weighted by atomic mass is 10.1. The zero-order valence-corrected chi connectivity index (χ0v) is 12.6. The highest BCUT2D eigenvalue weighted by Gasteiger charge is 2.08. The molecule has 0 aliphatic heterocycles. The first-order valence-corrected chi connectivity index (χ1v) is 7.20. The monoisotopic (exact) mass is 305 g/mol. The van der Waals surface area contributed by atoms with Crippen molar-refractivity contribution in [3.8, 4) is 0 Å². The van der Waals surface area contributed by atoms with Gasteiger partial charge in [-0.25, -0.2) is 0 Å². The summed E-state index contributed by atoms with van der Waals surface area (Å²) >= 11 is 0. The maximum absolute atomic E-state index is 12.1. The van der Waals surface area contributed by atoms with Crippen molar-refractivity contribution in [2.45, 2.75) is 6.92 Å². The minimum absolute atomic E-state index is 0.0205. The number of ketones is 2. The molecule has 1 heterocycles. The van der Waals surface area contributed by atoms with Crippen molar-refractivity contribution in [2.24, 2.45) is 0 Å². The second-order valence-corrected chi connectivity index (χ2v) is 5.12. The number of para-hydroxylation sites is 1. The Morgan fingerprint density at radius 1 is 1.04 bits per heavy atom. The number of carbonyl (C=O) groups is 2. The average molecular weight is 305 g/mol. The van der Waals surface area contributed by atoms with Crippen LogP contribution < -0.4 is 5.32 Å². The van der Waals surface area contributed by atoms with Gasteiger partial charge in [0, 0.05) is 28.9 Å². The lowest BCUT2D eigenvalue weighted by molar-refractivity contribution is 0.101. The number of rotatable bonds is 5. The molecular formula is C19H15NO3. The van der Waals surface area contributed by atoms with Gasteiger partial charge in [-0.2, -0.15) is 0 Å². The van der Waals surface area contributed by atoms with Crippen LogP contribution in [0.1, 0.15) is 27.8 Å². The summed E-state index contributed by atoms with van der Waals surface area (Å²) in [6.07, 6.45) is 2.97. The Morgan fingerprint density at radius 3 is 2.48 bits per heavy atom. The van der Waals surface area contributed by atoms with Gasteiger partial charge in [0.25, 0.3) is 0 Å². The third-order valence-corrected chi connectivity index (χ3v) is 3.44. The van der Waals surface area contributed by atoms with Gasteiger partial charge in [0.1, 0.15) is 5.58 Å². The molecule has 0 atom stereocenters. The molecule has 0 saturated heterocycles. The molecule has 1 aromatic heterocycles. The largest absolute Gasteiger partial charge is 0.453 e. The van der Waals surface area contributed by atoms with Crippen molar-refractivity contribution in [3.05, 3.63) is 78.2 Å². The Kier molecular flexibility index (Phi) is 4.06. The molecule has 0 aliphatic rings. The van der Waals surface area contributed by atoms with Gasteiger partial charge < -0.3 is 9.73 Å². The first kappa shape index (κ1) is 14.8. The van der Waals surface area contributed by atoms with Crippen LogP contribution in [-0.4, -0.2) is 11.6 Å². The molecule has 4 nitrogen and oxygen atoms in total. The molecule has 3 rings (SSSR count). The number of benzene rings is 2. The van der Waals surface area contributed by atoms with Crippen LogP contribution in [0.15, 0.2) is 71.3 Å². The Balaban J connectivity index is 1.67. The SMILES string of the molecule is CC(=O)c1ccc(N/C=C/C(=O)c2cc3ccccc3o2)cc1. The molecule has 0 amide bonds. The van der Waals surface area contributed by atoms with E-state index in [2.05, 4.69) is 5.32 Å². The summed E-state index contributed by atoms with van der Waals surface area (Å²) in [5, 5.41) is 3.89. The van der Waals surface area contributed by atoms with Crippen molar-refractivity contribution in [3.63, 3.8) is 0 Å². The number of Topliss-reactive ketones (excluding diaryl/α,β-unsaturated/α-hetero) is 1. The van der Waals surface area contributed by atoms with Gasteiger partial charge in [-0.15, -0.1) is 0 Å². The molecule has 3 aromatic rings. The zero-order chi connectivity index (χ0) is 16.2. The van der Waals surface area contributed by atoms with E-state index in [1.165, 1.54) is 13.0 Å². The number of anilines is 1. The predicted molar refractivity (Wildman–Crippen MR) is 89.8 cm³/mol. The van der Waals surface area contributed by atoms with Crippen LogP contribution in [0.5, 0.6) is 0 Å². The Bertz CT molecular complexity index is 855. The van der Waals surface area contributed by atoms with E-state index >= 15 is 0 Å². The fourth-order valence-corrected chi connectivity index (χ4v) is 2.20. The molecule has 0 spiro atoms. The Labute approximate surface area is 133 Å². The maximum Gasteiger partial charge on any atom is 0.222 e. The summed E-state index contributed by atoms with van der Waals surface area (Å²) in [4.78, 5) is 23.3. The van der Waals surface area contributed by atoms with E-state index in [1.54, 1.807) is 36.5 Å². The average Bonchev–Trinajstić information content (AvgIpc) is 2.99. The quantitative estimate of drug-likeness (QED) is 0.559. The number of carbonyl (C=O) groups excluding carboxylic acids is 2. The number of furan rings is 1. The van der Waals surface area contributed by atoms with Gasteiger partial charge in [0.15, 0.2) is 11.5 Å². The molecule has 0 radical (unpaired) electrons. The van der Waals surface area contributed by atoms with Crippen molar-refractivity contribution in [1.82, 2.24) is 0 Å². The highest BCUT2D eigenvalue weighted by molar-refractivity contribution is 6.05. The van der Waals surface area contributed by atoms with Gasteiger partial charge in [-0.1, -0.05) is 18.2 Å². The van der Waals surface area contributed by atoms with Crippen LogP contribution in [0.3, 0.4) is 0 Å². The zero-order valence-electron chi connectivity index (χ0n) is 12.6. The van der Waals surface area contributed by atoms with Crippen molar-refractivity contribution in [1.29, 1.82) is 0 Å². The lowest BCUT2D eigenvalue weighted by Crippen LogP contribution is -1.95. The Hall–Kier alpha value is -3.14. The van der Waals surface area contributed by atoms with E-state index in [0.29, 0.717) is 16.9 Å². The number of hydrogen-bond donors (Lipinski definition) is 1. The van der Waals surface area contributed by atoms with Gasteiger partial charge in [-0.05, 0) is 43.3 Å². The smallest absolute Gasteiger partial charge is 0.222 e. The molecule has 0 fully saturated rings. The van der Waals surface area contributed by atoms with Gasteiger partial charge in [-0.3, -0.25) is 9.59 Å². The summed E-state index contributed by atoms with van der Waals surface area (Å²) < 4.78 is 5.51. The number of nitrogens with one attached hydrogen (secondary N) is 1. The summed E-state index contributed by atoms with van der Waals surface area (Å²) in [7, 11) is 0. The number of allylic oxidation sites excluding steroid dienone is 1. The molecule has 23 heavy (non-hydrogen) atoms. The van der Waals surface area contributed by atoms with Crippen LogP contribution in [0.2, 0.25) is 0 Å². The van der Waals surface area contributed by atoms with Crippen LogP contribution >= 0.6 is 0 Å². The van der Waals surface area contributed by atoms with Gasteiger partial charge in [0.05, 0.1) is 0 Å². The Morgan fingerprint density at radius 2 is 1.78 bits per heavy atom. The standard InChI is InChI=1S/C19H15NO3/c1-13(21)14-6-8-16(9-7-14)20-11-10-17(22)19-12-15-4-2-3-5-18(15)23-19/h2-12,20H,1H3/b11-10+. The van der Waals surface area contributed by atoms with Crippen molar-refractivity contribution in [2.75, 3.05) is 5.32 Å². The summed E-state index contributed by atoms with van der Waals surface area (Å²) in [5.74, 6) is 0.109. The fourth-order valence-electron chi connectivity index (χ4n) is 2.20. The second kappa shape index (κ2) is 6.32. The van der Waals surface area contributed by atoms with E-state index in [0.717, 1.165) is 11.1 Å². The molecule has 1 N–H and O–H groups in total. The number of fused-ring (bicyclic) bond motifs is 1. The summed E-state index contributed by atoms with van der Waals surface area (Å²) in [5.41, 5.74) is 2.14. The van der Waals surface area contributed by atoms with Crippen molar-refractivity contribution >= 4 is 28.2 Å². The van der Waals surface area contributed by atoms with E-state index < -0.39 is 0 Å². The van der Waals surface area contributed by atoms with E-state index in [-0.39, 0.29) is 11.6 Å². The van der Waals surface area contributed by atoms with Crippen LogP contribution in [0.25, 0.3) is 11.0 Å². The first-order chi connectivity index (χ1) is 11.1. The summed E-state index contributed by atoms with van der Waals surface area (Å²) in [6.45, 7) is 1.52. The first-order valence-electron chi connectivity index (χ1n) is 7.20. The van der Waals surface area contributed by atoms with Crippen LogP contribution in [-0.2, 0) is 0 Å². The highest BCUT2D eigenvalue weighted by atomic mass is 16.3. The normalized spacial score (nSPS) is 11.0. The second-order valence-electron chi connectivity index (χ2n) is 5.12. The lowest BCUT2D eigenvalue weighted by Gasteiger charge is -2.01. The molecule has 0 aliphatic carbocycles. The van der Waals surface area contributed by atoms with E-state index in [1.807, 2.05) is 24.3 Å². The molecule has 0 saturated carbocycles. The predicted octanol–water partition coefficient (Wildman–Crippen LogP) is 4.44. The minimum atomic E-state index is -0.214. The highest BCUT2D eigenvalue weighted by Crippen LogP contribution is 2.19. The van der Waals surface area contributed by atoms with E-state index in [4.69, 9.17) is 4.42 Å². The molecule has 2 aromatic carbocycles. The van der Waals surface area contributed by atoms with Gasteiger partial charge in [0.2, 0.25) is 5.78 Å². The van der Waals surface area contributed by atoms with Crippen molar-refractivity contribution < 1.29 is 14.0 Å². The fraction of sp³-hybridized carbons (Fsp3) is 0.0526. The molecule has 114 valence electrons. The molecule has 4 heteroatoms. The topological polar surface area (TPSA) is 59.3 Å². The molecular weight excluding hydrogens is 290 g/mol. The number of hydrogen-bond acceptors (Lipinski definition) is 4.